The maximum atomic E-state index is 12.0. The van der Waals surface area contributed by atoms with E-state index in [0.717, 1.165) is 45.7 Å². The maximum absolute atomic E-state index is 12.0. The zero-order valence-corrected chi connectivity index (χ0v) is 16.3. The summed E-state index contributed by atoms with van der Waals surface area (Å²) in [7, 11) is 0. The fourth-order valence-corrected chi connectivity index (χ4v) is 3.89. The van der Waals surface area contributed by atoms with Gasteiger partial charge in [0.25, 0.3) is 5.56 Å². The lowest BCUT2D eigenvalue weighted by Gasteiger charge is -2.27. The Bertz CT molecular complexity index is 804. The number of rotatable bonds is 9. The highest BCUT2D eigenvalue weighted by Gasteiger charge is 2.09. The summed E-state index contributed by atoms with van der Waals surface area (Å²) >= 11 is 1.61. The van der Waals surface area contributed by atoms with E-state index in [9.17, 15) is 9.59 Å². The molecular formula is C19H27N5O2S. The Morgan fingerprint density at radius 3 is 2.93 bits per heavy atom. The summed E-state index contributed by atoms with van der Waals surface area (Å²) in [5.41, 5.74) is 0.595. The number of benzene rings is 1. The van der Waals surface area contributed by atoms with Gasteiger partial charge in [-0.15, -0.1) is 0 Å². The Morgan fingerprint density at radius 2 is 2.07 bits per heavy atom. The Balaban J connectivity index is 1.30. The van der Waals surface area contributed by atoms with Crippen LogP contribution in [0.1, 0.15) is 18.7 Å². The summed E-state index contributed by atoms with van der Waals surface area (Å²) in [5, 5.41) is 6.93. The number of thioether (sulfide) groups is 1. The van der Waals surface area contributed by atoms with Crippen LogP contribution in [0.4, 0.5) is 0 Å². The second-order valence-electron chi connectivity index (χ2n) is 6.63. The van der Waals surface area contributed by atoms with Gasteiger partial charge < -0.3 is 20.5 Å². The molecule has 0 unspecified atom stereocenters. The first-order valence-corrected chi connectivity index (χ1v) is 10.6. The molecule has 2 aromatic rings. The number of carbonyl (C=O) groups excluding carboxylic acids is 1. The average molecular weight is 390 g/mol. The molecule has 0 spiro atoms. The summed E-state index contributed by atoms with van der Waals surface area (Å²) < 4.78 is 0. The third-order valence-corrected chi connectivity index (χ3v) is 5.53. The smallest absolute Gasteiger partial charge is 0.258 e. The number of carbonyl (C=O) groups is 1. The van der Waals surface area contributed by atoms with Gasteiger partial charge in [-0.25, -0.2) is 4.98 Å². The third kappa shape index (κ3) is 6.34. The lowest BCUT2D eigenvalue weighted by Crippen LogP contribution is -2.44. The van der Waals surface area contributed by atoms with Crippen LogP contribution >= 0.6 is 11.8 Å². The highest BCUT2D eigenvalue weighted by molar-refractivity contribution is 7.98. The third-order valence-electron chi connectivity index (χ3n) is 4.56. The van der Waals surface area contributed by atoms with Crippen molar-refractivity contribution >= 4 is 28.6 Å². The van der Waals surface area contributed by atoms with Gasteiger partial charge >= 0.3 is 0 Å². The minimum Gasteiger partial charge on any atom is -0.356 e. The summed E-state index contributed by atoms with van der Waals surface area (Å²) in [4.78, 5) is 33.7. The van der Waals surface area contributed by atoms with Crippen LogP contribution < -0.4 is 16.2 Å². The van der Waals surface area contributed by atoms with Crippen LogP contribution in [0.25, 0.3) is 10.9 Å². The number of fused-ring (bicyclic) bond motifs is 1. The number of amides is 1. The fourth-order valence-electron chi connectivity index (χ4n) is 3.09. The van der Waals surface area contributed by atoms with E-state index in [-0.39, 0.29) is 11.5 Å². The van der Waals surface area contributed by atoms with Crippen molar-refractivity contribution in [2.24, 2.45) is 0 Å². The average Bonchev–Trinajstić information content (AvgIpc) is 2.69. The largest absolute Gasteiger partial charge is 0.356 e. The van der Waals surface area contributed by atoms with Crippen LogP contribution in [-0.4, -0.2) is 65.8 Å². The molecule has 2 heterocycles. The molecule has 8 heteroatoms. The number of aromatic amines is 1. The number of aromatic nitrogens is 2. The van der Waals surface area contributed by atoms with Crippen LogP contribution in [0.3, 0.4) is 0 Å². The molecule has 0 atom stereocenters. The van der Waals surface area contributed by atoms with Crippen molar-refractivity contribution in [1.29, 1.82) is 0 Å². The van der Waals surface area contributed by atoms with E-state index in [1.807, 2.05) is 18.2 Å². The molecule has 3 N–H and O–H groups in total. The predicted molar refractivity (Wildman–Crippen MR) is 110 cm³/mol. The van der Waals surface area contributed by atoms with E-state index in [2.05, 4.69) is 25.5 Å². The van der Waals surface area contributed by atoms with Crippen molar-refractivity contribution < 1.29 is 4.79 Å². The highest BCUT2D eigenvalue weighted by Crippen LogP contribution is 2.11. The minimum absolute atomic E-state index is 0.0859. The molecule has 0 radical (unpaired) electrons. The summed E-state index contributed by atoms with van der Waals surface area (Å²) in [5.74, 6) is 2.04. The molecule has 0 aliphatic carbocycles. The molecule has 7 nitrogen and oxygen atoms in total. The number of H-pyrrole nitrogens is 1. The number of nitrogens with one attached hydrogen (secondary N) is 3. The Labute approximate surface area is 163 Å². The molecule has 1 aromatic heterocycles. The molecule has 3 rings (SSSR count). The lowest BCUT2D eigenvalue weighted by molar-refractivity contribution is -0.120. The molecular weight excluding hydrogens is 362 g/mol. The summed E-state index contributed by atoms with van der Waals surface area (Å²) in [6.45, 7) is 6.07. The van der Waals surface area contributed by atoms with Gasteiger partial charge in [0.1, 0.15) is 5.82 Å². The molecule has 1 aromatic carbocycles. The monoisotopic (exact) mass is 389 g/mol. The Kier molecular flexibility index (Phi) is 7.67. The molecule has 27 heavy (non-hydrogen) atoms. The Hall–Kier alpha value is -1.90. The van der Waals surface area contributed by atoms with E-state index in [0.29, 0.717) is 34.7 Å². The SMILES string of the molecule is O=C(CCSCc1nc2ccccc2c(=O)[nH]1)NCCCN1CCNCC1. The van der Waals surface area contributed by atoms with Crippen LogP contribution in [0.2, 0.25) is 0 Å². The van der Waals surface area contributed by atoms with E-state index in [1.54, 1.807) is 17.8 Å². The molecule has 1 amide bonds. The summed E-state index contributed by atoms with van der Waals surface area (Å²) in [6.07, 6.45) is 1.47. The van der Waals surface area contributed by atoms with Gasteiger partial charge in [-0.3, -0.25) is 9.59 Å². The normalized spacial score (nSPS) is 15.1. The molecule has 1 saturated heterocycles. The van der Waals surface area contributed by atoms with Crippen molar-refractivity contribution in [2.75, 3.05) is 45.0 Å². The van der Waals surface area contributed by atoms with Crippen LogP contribution in [0.5, 0.6) is 0 Å². The van der Waals surface area contributed by atoms with Gasteiger partial charge in [0.15, 0.2) is 0 Å². The lowest BCUT2D eigenvalue weighted by atomic mass is 10.2. The quantitative estimate of drug-likeness (QED) is 0.554. The van der Waals surface area contributed by atoms with Crippen LogP contribution in [-0.2, 0) is 10.5 Å². The number of hydrogen-bond acceptors (Lipinski definition) is 6. The number of nitrogens with zero attached hydrogens (tertiary/aromatic N) is 2. The van der Waals surface area contributed by atoms with E-state index in [1.165, 1.54) is 0 Å². The predicted octanol–water partition coefficient (Wildman–Crippen LogP) is 0.958. The van der Waals surface area contributed by atoms with Gasteiger partial charge in [0, 0.05) is 44.9 Å². The molecule has 1 aliphatic rings. The number of para-hydroxylation sites is 1. The van der Waals surface area contributed by atoms with Gasteiger partial charge in [-0.05, 0) is 25.1 Å². The van der Waals surface area contributed by atoms with Crippen molar-refractivity contribution in [3.8, 4) is 0 Å². The topological polar surface area (TPSA) is 90.1 Å². The zero-order chi connectivity index (χ0) is 18.9. The van der Waals surface area contributed by atoms with E-state index in [4.69, 9.17) is 0 Å². The first kappa shape index (κ1) is 19.9. The number of hydrogen-bond donors (Lipinski definition) is 3. The van der Waals surface area contributed by atoms with Crippen LogP contribution in [0.15, 0.2) is 29.1 Å². The van der Waals surface area contributed by atoms with Crippen molar-refractivity contribution in [3.63, 3.8) is 0 Å². The van der Waals surface area contributed by atoms with Gasteiger partial charge in [-0.2, -0.15) is 11.8 Å². The molecule has 1 fully saturated rings. The van der Waals surface area contributed by atoms with Gasteiger partial charge in [0.2, 0.25) is 5.91 Å². The fraction of sp³-hybridized carbons (Fsp3) is 0.526. The first-order chi connectivity index (χ1) is 13.2. The van der Waals surface area contributed by atoms with Crippen molar-refractivity contribution in [3.05, 3.63) is 40.4 Å². The maximum Gasteiger partial charge on any atom is 0.258 e. The van der Waals surface area contributed by atoms with Crippen molar-refractivity contribution in [2.45, 2.75) is 18.6 Å². The van der Waals surface area contributed by atoms with Crippen LogP contribution in [0, 0.1) is 0 Å². The van der Waals surface area contributed by atoms with Crippen molar-refractivity contribution in [1.82, 2.24) is 25.5 Å². The second-order valence-corrected chi connectivity index (χ2v) is 7.73. The van der Waals surface area contributed by atoms with E-state index >= 15 is 0 Å². The van der Waals surface area contributed by atoms with E-state index < -0.39 is 0 Å². The molecule has 0 bridgehead atoms. The van der Waals surface area contributed by atoms with Gasteiger partial charge in [-0.1, -0.05) is 12.1 Å². The standard InChI is InChI=1S/C19H27N5O2S/c25-18(21-7-3-10-24-11-8-20-9-12-24)6-13-27-14-17-22-16-5-2-1-4-15(16)19(26)23-17/h1-2,4-5,20H,3,6-14H2,(H,21,25)(H,22,23,26). The summed E-state index contributed by atoms with van der Waals surface area (Å²) in [6, 6.07) is 7.31. The molecule has 146 valence electrons. The van der Waals surface area contributed by atoms with Gasteiger partial charge in [0.05, 0.1) is 16.7 Å². The molecule has 1 aliphatic heterocycles. The second kappa shape index (κ2) is 10.4. The zero-order valence-electron chi connectivity index (χ0n) is 15.5. The first-order valence-electron chi connectivity index (χ1n) is 9.48. The minimum atomic E-state index is -0.113. The Morgan fingerprint density at radius 1 is 1.26 bits per heavy atom. The highest BCUT2D eigenvalue weighted by atomic mass is 32.2. The molecule has 0 saturated carbocycles. The number of piperazine rings is 1.